The van der Waals surface area contributed by atoms with Gasteiger partial charge in [-0.05, 0) is 19.5 Å². The Balaban J connectivity index is 3.08. The molecule has 0 saturated heterocycles. The lowest BCUT2D eigenvalue weighted by molar-refractivity contribution is -0.121. The normalized spacial score (nSPS) is 9.83. The topological polar surface area (TPSA) is 61.4 Å². The van der Waals surface area contributed by atoms with Crippen LogP contribution in [-0.4, -0.2) is 37.3 Å². The van der Waals surface area contributed by atoms with Gasteiger partial charge in [0.25, 0.3) is 0 Å². The van der Waals surface area contributed by atoms with E-state index in [9.17, 15) is 4.79 Å². The van der Waals surface area contributed by atoms with Gasteiger partial charge in [-0.1, -0.05) is 6.92 Å². The van der Waals surface area contributed by atoms with Gasteiger partial charge in [-0.25, -0.2) is 0 Å². The van der Waals surface area contributed by atoms with Crippen LogP contribution in [0.3, 0.4) is 0 Å². The Hall–Kier alpha value is -0.610. The maximum absolute atomic E-state index is 10.9. The highest BCUT2D eigenvalue weighted by Crippen LogP contribution is 1.85. The minimum absolute atomic E-state index is 0.0128. The van der Waals surface area contributed by atoms with E-state index in [2.05, 4.69) is 10.6 Å². The minimum atomic E-state index is 0.0128. The molecule has 0 atom stereocenters. The van der Waals surface area contributed by atoms with Gasteiger partial charge in [-0.3, -0.25) is 4.79 Å². The Bertz CT molecular complexity index is 118. The second-order valence-electron chi connectivity index (χ2n) is 2.53. The third kappa shape index (κ3) is 7.50. The van der Waals surface area contributed by atoms with Crippen molar-refractivity contribution in [2.45, 2.75) is 19.8 Å². The SMILES string of the molecule is CCNCCCC(=O)NCCO. The maximum atomic E-state index is 10.9. The standard InChI is InChI=1S/C8H18N2O2/c1-2-9-5-3-4-8(12)10-6-7-11/h9,11H,2-7H2,1H3,(H,10,12). The third-order valence-electron chi connectivity index (χ3n) is 1.44. The summed E-state index contributed by atoms with van der Waals surface area (Å²) in [6.07, 6.45) is 1.39. The summed E-state index contributed by atoms with van der Waals surface area (Å²) in [6.45, 7) is 4.23. The van der Waals surface area contributed by atoms with Crippen molar-refractivity contribution in [1.82, 2.24) is 10.6 Å². The van der Waals surface area contributed by atoms with Gasteiger partial charge in [0.1, 0.15) is 0 Å². The number of carbonyl (C=O) groups is 1. The average Bonchev–Trinajstić information content (AvgIpc) is 2.09. The summed E-state index contributed by atoms with van der Waals surface area (Å²) in [5.74, 6) is 0.0157. The highest BCUT2D eigenvalue weighted by Gasteiger charge is 1.97. The molecule has 0 aromatic carbocycles. The van der Waals surface area contributed by atoms with Crippen LogP contribution < -0.4 is 10.6 Å². The number of carbonyl (C=O) groups excluding carboxylic acids is 1. The molecule has 0 aliphatic rings. The van der Waals surface area contributed by atoms with Crippen LogP contribution in [0, 0.1) is 0 Å². The van der Waals surface area contributed by atoms with Crippen LogP contribution in [0.5, 0.6) is 0 Å². The smallest absolute Gasteiger partial charge is 0.220 e. The van der Waals surface area contributed by atoms with Crippen LogP contribution in [0.4, 0.5) is 0 Å². The Morgan fingerprint density at radius 2 is 2.17 bits per heavy atom. The van der Waals surface area contributed by atoms with Crippen molar-refractivity contribution in [1.29, 1.82) is 0 Å². The lowest BCUT2D eigenvalue weighted by Crippen LogP contribution is -2.27. The van der Waals surface area contributed by atoms with Gasteiger partial charge in [-0.2, -0.15) is 0 Å². The quantitative estimate of drug-likeness (QED) is 0.455. The predicted octanol–water partition coefficient (Wildman–Crippen LogP) is -0.515. The molecule has 4 nitrogen and oxygen atoms in total. The van der Waals surface area contributed by atoms with Gasteiger partial charge in [0.15, 0.2) is 0 Å². The predicted molar refractivity (Wildman–Crippen MR) is 47.9 cm³/mol. The first-order valence-electron chi connectivity index (χ1n) is 4.39. The van der Waals surface area contributed by atoms with Gasteiger partial charge in [0.2, 0.25) is 5.91 Å². The molecule has 0 aliphatic carbocycles. The van der Waals surface area contributed by atoms with Crippen molar-refractivity contribution in [3.05, 3.63) is 0 Å². The molecule has 0 aromatic heterocycles. The molecule has 0 bridgehead atoms. The molecule has 0 heterocycles. The first-order valence-corrected chi connectivity index (χ1v) is 4.39. The maximum Gasteiger partial charge on any atom is 0.220 e. The second kappa shape index (κ2) is 8.49. The molecule has 3 N–H and O–H groups in total. The Morgan fingerprint density at radius 3 is 2.75 bits per heavy atom. The summed E-state index contributed by atoms with van der Waals surface area (Å²) in [6, 6.07) is 0. The molecule has 0 aromatic rings. The van der Waals surface area contributed by atoms with Gasteiger partial charge < -0.3 is 15.7 Å². The number of hydrogen-bond acceptors (Lipinski definition) is 3. The van der Waals surface area contributed by atoms with E-state index < -0.39 is 0 Å². The van der Waals surface area contributed by atoms with E-state index in [4.69, 9.17) is 5.11 Å². The monoisotopic (exact) mass is 174 g/mol. The number of nitrogens with one attached hydrogen (secondary N) is 2. The molecule has 0 radical (unpaired) electrons. The highest BCUT2D eigenvalue weighted by molar-refractivity contribution is 5.75. The molecule has 12 heavy (non-hydrogen) atoms. The van der Waals surface area contributed by atoms with E-state index in [0.29, 0.717) is 13.0 Å². The zero-order chi connectivity index (χ0) is 9.23. The number of aliphatic hydroxyl groups is 1. The average molecular weight is 174 g/mol. The zero-order valence-electron chi connectivity index (χ0n) is 7.60. The minimum Gasteiger partial charge on any atom is -0.395 e. The van der Waals surface area contributed by atoms with E-state index in [1.165, 1.54) is 0 Å². The summed E-state index contributed by atoms with van der Waals surface area (Å²) in [4.78, 5) is 10.9. The molecule has 0 unspecified atom stereocenters. The van der Waals surface area contributed by atoms with Crippen molar-refractivity contribution in [2.75, 3.05) is 26.2 Å². The molecular formula is C8H18N2O2. The van der Waals surface area contributed by atoms with E-state index in [1.807, 2.05) is 6.92 Å². The van der Waals surface area contributed by atoms with Crippen LogP contribution in [0.15, 0.2) is 0 Å². The first-order chi connectivity index (χ1) is 5.81. The van der Waals surface area contributed by atoms with Crippen molar-refractivity contribution in [3.63, 3.8) is 0 Å². The number of amides is 1. The lowest BCUT2D eigenvalue weighted by Gasteiger charge is -2.02. The van der Waals surface area contributed by atoms with Crippen LogP contribution in [0.1, 0.15) is 19.8 Å². The molecule has 0 aliphatic heterocycles. The third-order valence-corrected chi connectivity index (χ3v) is 1.44. The van der Waals surface area contributed by atoms with Crippen molar-refractivity contribution in [3.8, 4) is 0 Å². The summed E-state index contributed by atoms with van der Waals surface area (Å²) in [5.41, 5.74) is 0. The summed E-state index contributed by atoms with van der Waals surface area (Å²) in [5, 5.41) is 14.1. The molecule has 0 saturated carbocycles. The fourth-order valence-corrected chi connectivity index (χ4v) is 0.834. The largest absolute Gasteiger partial charge is 0.395 e. The number of aliphatic hydroxyl groups excluding tert-OH is 1. The fourth-order valence-electron chi connectivity index (χ4n) is 0.834. The lowest BCUT2D eigenvalue weighted by atomic mass is 10.3. The van der Waals surface area contributed by atoms with E-state index in [0.717, 1.165) is 19.5 Å². The van der Waals surface area contributed by atoms with E-state index in [1.54, 1.807) is 0 Å². The zero-order valence-corrected chi connectivity index (χ0v) is 7.60. The highest BCUT2D eigenvalue weighted by atomic mass is 16.3. The van der Waals surface area contributed by atoms with Crippen LogP contribution in [0.25, 0.3) is 0 Å². The molecule has 4 heteroatoms. The van der Waals surface area contributed by atoms with E-state index >= 15 is 0 Å². The van der Waals surface area contributed by atoms with Crippen molar-refractivity contribution < 1.29 is 9.90 Å². The number of rotatable bonds is 7. The van der Waals surface area contributed by atoms with Crippen molar-refractivity contribution in [2.24, 2.45) is 0 Å². The van der Waals surface area contributed by atoms with Gasteiger partial charge in [0.05, 0.1) is 6.61 Å². The second-order valence-corrected chi connectivity index (χ2v) is 2.53. The first kappa shape index (κ1) is 11.4. The molecular weight excluding hydrogens is 156 g/mol. The van der Waals surface area contributed by atoms with E-state index in [-0.39, 0.29) is 12.5 Å². The molecule has 0 fully saturated rings. The fraction of sp³-hybridized carbons (Fsp3) is 0.875. The Morgan fingerprint density at radius 1 is 1.42 bits per heavy atom. The van der Waals surface area contributed by atoms with Gasteiger partial charge >= 0.3 is 0 Å². The van der Waals surface area contributed by atoms with Gasteiger partial charge in [-0.15, -0.1) is 0 Å². The molecule has 1 amide bonds. The molecule has 0 spiro atoms. The van der Waals surface area contributed by atoms with Crippen LogP contribution in [-0.2, 0) is 4.79 Å². The molecule has 72 valence electrons. The summed E-state index contributed by atoms with van der Waals surface area (Å²) < 4.78 is 0. The van der Waals surface area contributed by atoms with Crippen LogP contribution >= 0.6 is 0 Å². The Labute approximate surface area is 73.3 Å². The number of hydrogen-bond donors (Lipinski definition) is 3. The summed E-state index contributed by atoms with van der Waals surface area (Å²) >= 11 is 0. The van der Waals surface area contributed by atoms with Gasteiger partial charge in [0, 0.05) is 13.0 Å². The summed E-state index contributed by atoms with van der Waals surface area (Å²) in [7, 11) is 0. The van der Waals surface area contributed by atoms with Crippen LogP contribution in [0.2, 0.25) is 0 Å². The Kier molecular flexibility index (Phi) is 8.05. The van der Waals surface area contributed by atoms with Crippen molar-refractivity contribution >= 4 is 5.91 Å². The molecule has 0 rings (SSSR count).